The van der Waals surface area contributed by atoms with E-state index < -0.39 is 0 Å². The lowest BCUT2D eigenvalue weighted by atomic mass is 10.1. The van der Waals surface area contributed by atoms with Gasteiger partial charge in [-0.15, -0.1) is 10.2 Å². The molecule has 0 saturated heterocycles. The standard InChI is InChI=1S/C22H20N4O/c1-15-7-6-8-17(13-15)24-25-22-21(23-20-9-4-5-12-26(20)22)18-14-16(2)10-11-19(18)27-3/h4-14H,1-3H3. The molecular formula is C22H20N4O. The Kier molecular flexibility index (Phi) is 4.42. The number of aromatic nitrogens is 2. The van der Waals surface area contributed by atoms with E-state index in [2.05, 4.69) is 16.3 Å². The van der Waals surface area contributed by atoms with Crippen LogP contribution in [0, 0.1) is 13.8 Å². The molecule has 4 rings (SSSR count). The Morgan fingerprint density at radius 1 is 0.889 bits per heavy atom. The van der Waals surface area contributed by atoms with Gasteiger partial charge in [-0.3, -0.25) is 4.40 Å². The Bertz CT molecular complexity index is 1140. The Labute approximate surface area is 158 Å². The van der Waals surface area contributed by atoms with Gasteiger partial charge >= 0.3 is 0 Å². The van der Waals surface area contributed by atoms with Gasteiger partial charge in [0.15, 0.2) is 5.82 Å². The van der Waals surface area contributed by atoms with Crippen molar-refractivity contribution in [2.24, 2.45) is 10.2 Å². The summed E-state index contributed by atoms with van der Waals surface area (Å²) < 4.78 is 7.50. The van der Waals surface area contributed by atoms with Crippen LogP contribution in [0.5, 0.6) is 5.75 Å². The molecule has 27 heavy (non-hydrogen) atoms. The lowest BCUT2D eigenvalue weighted by Crippen LogP contribution is -1.89. The molecule has 4 aromatic rings. The summed E-state index contributed by atoms with van der Waals surface area (Å²) in [5.41, 5.74) is 5.55. The largest absolute Gasteiger partial charge is 0.496 e. The summed E-state index contributed by atoms with van der Waals surface area (Å²) in [6.07, 6.45) is 1.94. The van der Waals surface area contributed by atoms with E-state index >= 15 is 0 Å². The second kappa shape index (κ2) is 7.03. The second-order valence-corrected chi connectivity index (χ2v) is 6.46. The number of hydrogen-bond donors (Lipinski definition) is 0. The number of aryl methyl sites for hydroxylation is 2. The summed E-state index contributed by atoms with van der Waals surface area (Å²) in [5.74, 6) is 1.44. The molecule has 0 saturated carbocycles. The number of ether oxygens (including phenoxy) is 1. The summed E-state index contributed by atoms with van der Waals surface area (Å²) in [6.45, 7) is 4.09. The highest BCUT2D eigenvalue weighted by Crippen LogP contribution is 2.37. The van der Waals surface area contributed by atoms with Crippen LogP contribution in [-0.2, 0) is 0 Å². The lowest BCUT2D eigenvalue weighted by molar-refractivity contribution is 0.416. The van der Waals surface area contributed by atoms with Crippen LogP contribution in [0.1, 0.15) is 11.1 Å². The number of nitrogens with zero attached hydrogens (tertiary/aromatic N) is 4. The summed E-state index contributed by atoms with van der Waals surface area (Å²) >= 11 is 0. The van der Waals surface area contributed by atoms with Crippen LogP contribution < -0.4 is 4.74 Å². The van der Waals surface area contributed by atoms with E-state index in [1.54, 1.807) is 7.11 Å². The fourth-order valence-electron chi connectivity index (χ4n) is 3.06. The van der Waals surface area contributed by atoms with Gasteiger partial charge in [0.2, 0.25) is 0 Å². The monoisotopic (exact) mass is 356 g/mol. The number of methoxy groups -OCH3 is 1. The van der Waals surface area contributed by atoms with Gasteiger partial charge in [0.05, 0.1) is 12.8 Å². The zero-order chi connectivity index (χ0) is 18.8. The zero-order valence-corrected chi connectivity index (χ0v) is 15.5. The molecule has 5 heteroatoms. The highest BCUT2D eigenvalue weighted by molar-refractivity contribution is 5.79. The Morgan fingerprint density at radius 3 is 2.56 bits per heavy atom. The molecule has 0 bridgehead atoms. The number of azo groups is 1. The number of pyridine rings is 1. The predicted molar refractivity (Wildman–Crippen MR) is 107 cm³/mol. The third kappa shape index (κ3) is 3.31. The van der Waals surface area contributed by atoms with Gasteiger partial charge in [-0.2, -0.15) is 0 Å². The molecule has 0 aliphatic rings. The van der Waals surface area contributed by atoms with Crippen molar-refractivity contribution < 1.29 is 4.74 Å². The summed E-state index contributed by atoms with van der Waals surface area (Å²) in [7, 11) is 1.66. The first-order chi connectivity index (χ1) is 13.2. The van der Waals surface area contributed by atoms with E-state index in [4.69, 9.17) is 9.72 Å². The predicted octanol–water partition coefficient (Wildman–Crippen LogP) is 6.04. The van der Waals surface area contributed by atoms with Gasteiger partial charge in [0, 0.05) is 11.8 Å². The van der Waals surface area contributed by atoms with Crippen molar-refractivity contribution in [2.75, 3.05) is 7.11 Å². The van der Waals surface area contributed by atoms with Gasteiger partial charge in [-0.05, 0) is 55.8 Å². The van der Waals surface area contributed by atoms with Gasteiger partial charge < -0.3 is 4.74 Å². The molecule has 0 N–H and O–H groups in total. The maximum Gasteiger partial charge on any atom is 0.187 e. The topological polar surface area (TPSA) is 51.2 Å². The van der Waals surface area contributed by atoms with Crippen molar-refractivity contribution >= 4 is 17.2 Å². The van der Waals surface area contributed by atoms with E-state index in [9.17, 15) is 0 Å². The first kappa shape index (κ1) is 17.0. The Hall–Kier alpha value is -3.47. The molecule has 0 unspecified atom stereocenters. The van der Waals surface area contributed by atoms with E-state index in [-0.39, 0.29) is 0 Å². The SMILES string of the molecule is COc1ccc(C)cc1-c1nc2ccccn2c1N=Nc1cccc(C)c1. The van der Waals surface area contributed by atoms with Crippen LogP contribution in [0.2, 0.25) is 0 Å². The molecule has 2 aromatic carbocycles. The van der Waals surface area contributed by atoms with Crippen molar-refractivity contribution in [2.45, 2.75) is 13.8 Å². The first-order valence-electron chi connectivity index (χ1n) is 8.76. The normalized spacial score (nSPS) is 11.4. The average Bonchev–Trinajstić information content (AvgIpc) is 3.05. The summed E-state index contributed by atoms with van der Waals surface area (Å²) in [4.78, 5) is 4.79. The highest BCUT2D eigenvalue weighted by Gasteiger charge is 2.17. The molecule has 0 atom stereocenters. The van der Waals surface area contributed by atoms with E-state index in [1.807, 2.05) is 79.0 Å². The fraction of sp³-hybridized carbons (Fsp3) is 0.136. The minimum atomic E-state index is 0.677. The molecule has 0 aliphatic heterocycles. The third-order valence-corrected chi connectivity index (χ3v) is 4.38. The number of rotatable bonds is 4. The van der Waals surface area contributed by atoms with E-state index in [1.165, 1.54) is 0 Å². The van der Waals surface area contributed by atoms with Crippen LogP contribution in [0.15, 0.2) is 77.1 Å². The smallest absolute Gasteiger partial charge is 0.187 e. The van der Waals surface area contributed by atoms with Crippen molar-refractivity contribution in [1.82, 2.24) is 9.38 Å². The summed E-state index contributed by atoms with van der Waals surface area (Å²) in [5, 5.41) is 9.00. The van der Waals surface area contributed by atoms with Crippen molar-refractivity contribution in [3.8, 4) is 17.0 Å². The molecule has 0 spiro atoms. The molecule has 0 radical (unpaired) electrons. The fourth-order valence-corrected chi connectivity index (χ4v) is 3.06. The minimum absolute atomic E-state index is 0.677. The minimum Gasteiger partial charge on any atom is -0.496 e. The van der Waals surface area contributed by atoms with Gasteiger partial charge in [0.25, 0.3) is 0 Å². The second-order valence-electron chi connectivity index (χ2n) is 6.46. The lowest BCUT2D eigenvalue weighted by Gasteiger charge is -2.08. The van der Waals surface area contributed by atoms with Crippen molar-refractivity contribution in [3.63, 3.8) is 0 Å². The molecule has 2 heterocycles. The molecular weight excluding hydrogens is 336 g/mol. The van der Waals surface area contributed by atoms with Crippen LogP contribution in [0.3, 0.4) is 0 Å². The first-order valence-corrected chi connectivity index (χ1v) is 8.76. The van der Waals surface area contributed by atoms with Crippen LogP contribution in [-0.4, -0.2) is 16.5 Å². The molecule has 0 aliphatic carbocycles. The Morgan fingerprint density at radius 2 is 1.74 bits per heavy atom. The molecule has 0 amide bonds. The number of hydrogen-bond acceptors (Lipinski definition) is 4. The van der Waals surface area contributed by atoms with Gasteiger partial charge in [-0.1, -0.05) is 29.8 Å². The highest BCUT2D eigenvalue weighted by atomic mass is 16.5. The quantitative estimate of drug-likeness (QED) is 0.418. The maximum atomic E-state index is 5.56. The van der Waals surface area contributed by atoms with Crippen LogP contribution in [0.25, 0.3) is 16.9 Å². The third-order valence-electron chi connectivity index (χ3n) is 4.38. The number of fused-ring (bicyclic) bond motifs is 1. The van der Waals surface area contributed by atoms with Gasteiger partial charge in [0.1, 0.15) is 17.1 Å². The number of imidazole rings is 1. The van der Waals surface area contributed by atoms with E-state index in [0.717, 1.165) is 39.5 Å². The molecule has 134 valence electrons. The van der Waals surface area contributed by atoms with Crippen LogP contribution in [0.4, 0.5) is 11.5 Å². The molecule has 2 aromatic heterocycles. The zero-order valence-electron chi connectivity index (χ0n) is 15.5. The molecule has 5 nitrogen and oxygen atoms in total. The van der Waals surface area contributed by atoms with Crippen molar-refractivity contribution in [1.29, 1.82) is 0 Å². The number of benzene rings is 2. The summed E-state index contributed by atoms with van der Waals surface area (Å²) in [6, 6.07) is 19.9. The maximum absolute atomic E-state index is 5.56. The molecule has 0 fully saturated rings. The van der Waals surface area contributed by atoms with E-state index in [0.29, 0.717) is 5.82 Å². The average molecular weight is 356 g/mol. The Balaban J connectivity index is 1.92. The van der Waals surface area contributed by atoms with Crippen molar-refractivity contribution in [3.05, 3.63) is 78.0 Å². The van der Waals surface area contributed by atoms with Gasteiger partial charge in [-0.25, -0.2) is 4.98 Å². The van der Waals surface area contributed by atoms with Crippen LogP contribution >= 0.6 is 0 Å².